The Morgan fingerprint density at radius 3 is 2.64 bits per heavy atom. The molecule has 5 nitrogen and oxygen atoms in total. The number of nitrogen functional groups attached to an aromatic ring is 1. The number of pyridine rings is 1. The lowest BCUT2D eigenvalue weighted by molar-refractivity contribution is -0.137. The second kappa shape index (κ2) is 5.37. The first kappa shape index (κ1) is 15.3. The smallest absolute Gasteiger partial charge is 0.416 e. The Morgan fingerprint density at radius 2 is 1.84 bits per heavy atom. The third-order valence-corrected chi connectivity index (χ3v) is 3.70. The van der Waals surface area contributed by atoms with Crippen molar-refractivity contribution < 1.29 is 17.9 Å². The first-order chi connectivity index (χ1) is 11.9. The van der Waals surface area contributed by atoms with Crippen LogP contribution in [-0.4, -0.2) is 15.0 Å². The lowest BCUT2D eigenvalue weighted by Gasteiger charge is -2.06. The van der Waals surface area contributed by atoms with Gasteiger partial charge in [0.15, 0.2) is 5.75 Å². The van der Waals surface area contributed by atoms with E-state index in [1.165, 1.54) is 6.07 Å². The zero-order valence-corrected chi connectivity index (χ0v) is 12.6. The normalized spacial score (nSPS) is 12.0. The highest BCUT2D eigenvalue weighted by atomic mass is 19.4. The number of imidazole rings is 1. The van der Waals surface area contributed by atoms with Crippen LogP contribution in [-0.2, 0) is 6.18 Å². The van der Waals surface area contributed by atoms with Crippen molar-refractivity contribution in [1.29, 1.82) is 0 Å². The molecule has 0 aliphatic heterocycles. The SMILES string of the molecule is Nc1ccc2cccc(Oc3nc4cc(C(F)(F)F)ccc4[nH]3)c2n1. The van der Waals surface area contributed by atoms with E-state index in [9.17, 15) is 13.2 Å². The van der Waals surface area contributed by atoms with E-state index >= 15 is 0 Å². The molecule has 0 unspecified atom stereocenters. The number of aromatic amines is 1. The summed E-state index contributed by atoms with van der Waals surface area (Å²) in [5.41, 5.74) is 6.09. The molecular weight excluding hydrogens is 333 g/mol. The van der Waals surface area contributed by atoms with Gasteiger partial charge >= 0.3 is 6.18 Å². The monoisotopic (exact) mass is 344 g/mol. The molecule has 0 radical (unpaired) electrons. The van der Waals surface area contributed by atoms with Gasteiger partial charge in [-0.1, -0.05) is 12.1 Å². The van der Waals surface area contributed by atoms with Gasteiger partial charge in [-0.25, -0.2) is 4.98 Å². The molecule has 0 fully saturated rings. The first-order valence-corrected chi connectivity index (χ1v) is 7.30. The van der Waals surface area contributed by atoms with Crippen LogP contribution in [0.1, 0.15) is 5.56 Å². The molecule has 0 aliphatic rings. The van der Waals surface area contributed by atoms with E-state index in [0.29, 0.717) is 22.6 Å². The second-order valence-corrected chi connectivity index (χ2v) is 5.44. The van der Waals surface area contributed by atoms with Gasteiger partial charge in [-0.15, -0.1) is 0 Å². The number of aromatic nitrogens is 3. The number of halogens is 3. The largest absolute Gasteiger partial charge is 0.423 e. The van der Waals surface area contributed by atoms with Crippen LogP contribution in [0.3, 0.4) is 0 Å². The number of H-pyrrole nitrogens is 1. The highest BCUT2D eigenvalue weighted by molar-refractivity contribution is 5.86. The van der Waals surface area contributed by atoms with E-state index in [1.54, 1.807) is 24.3 Å². The molecule has 4 rings (SSSR count). The molecule has 126 valence electrons. The number of ether oxygens (including phenoxy) is 1. The second-order valence-electron chi connectivity index (χ2n) is 5.44. The lowest BCUT2D eigenvalue weighted by Crippen LogP contribution is -2.04. The lowest BCUT2D eigenvalue weighted by atomic mass is 10.2. The van der Waals surface area contributed by atoms with Crippen molar-refractivity contribution in [3.63, 3.8) is 0 Å². The summed E-state index contributed by atoms with van der Waals surface area (Å²) < 4.78 is 44.1. The summed E-state index contributed by atoms with van der Waals surface area (Å²) in [7, 11) is 0. The molecule has 4 aromatic rings. The molecule has 0 aliphatic carbocycles. The van der Waals surface area contributed by atoms with Crippen molar-refractivity contribution >= 4 is 27.8 Å². The van der Waals surface area contributed by atoms with Crippen LogP contribution >= 0.6 is 0 Å². The molecule has 2 aromatic carbocycles. The van der Waals surface area contributed by atoms with E-state index in [-0.39, 0.29) is 11.5 Å². The number of nitrogens with one attached hydrogen (secondary N) is 1. The van der Waals surface area contributed by atoms with Crippen molar-refractivity contribution in [2.24, 2.45) is 0 Å². The third-order valence-electron chi connectivity index (χ3n) is 3.70. The topological polar surface area (TPSA) is 76.8 Å². The van der Waals surface area contributed by atoms with Gasteiger partial charge in [0.25, 0.3) is 6.01 Å². The number of rotatable bonds is 2. The Labute approximate surface area is 139 Å². The molecule has 0 bridgehead atoms. The fourth-order valence-corrected chi connectivity index (χ4v) is 2.53. The predicted molar refractivity (Wildman–Crippen MR) is 87.3 cm³/mol. The number of hydrogen-bond donors (Lipinski definition) is 2. The zero-order valence-electron chi connectivity index (χ0n) is 12.6. The van der Waals surface area contributed by atoms with Gasteiger partial charge in [-0.05, 0) is 36.4 Å². The van der Waals surface area contributed by atoms with Crippen LogP contribution in [0.25, 0.3) is 21.9 Å². The van der Waals surface area contributed by atoms with E-state index in [0.717, 1.165) is 17.5 Å². The molecule has 0 amide bonds. The van der Waals surface area contributed by atoms with Gasteiger partial charge in [0.2, 0.25) is 0 Å². The molecule has 0 atom stereocenters. The van der Waals surface area contributed by atoms with Gasteiger partial charge in [0.1, 0.15) is 11.3 Å². The fourth-order valence-electron chi connectivity index (χ4n) is 2.53. The summed E-state index contributed by atoms with van der Waals surface area (Å²) >= 11 is 0. The van der Waals surface area contributed by atoms with Crippen LogP contribution in [0.5, 0.6) is 11.8 Å². The molecule has 2 heterocycles. The number of nitrogens with zero attached hydrogens (tertiary/aromatic N) is 2. The van der Waals surface area contributed by atoms with Gasteiger partial charge < -0.3 is 15.5 Å². The number of benzene rings is 2. The number of fused-ring (bicyclic) bond motifs is 2. The van der Waals surface area contributed by atoms with E-state index in [2.05, 4.69) is 15.0 Å². The van der Waals surface area contributed by atoms with Crippen molar-refractivity contribution in [1.82, 2.24) is 15.0 Å². The van der Waals surface area contributed by atoms with Crippen LogP contribution in [0.4, 0.5) is 19.0 Å². The van der Waals surface area contributed by atoms with Crippen LogP contribution in [0.15, 0.2) is 48.5 Å². The Morgan fingerprint density at radius 1 is 1.00 bits per heavy atom. The highest BCUT2D eigenvalue weighted by Crippen LogP contribution is 2.33. The minimum Gasteiger partial charge on any atom is -0.423 e. The fraction of sp³-hybridized carbons (Fsp3) is 0.0588. The van der Waals surface area contributed by atoms with Gasteiger partial charge in [0, 0.05) is 5.39 Å². The quantitative estimate of drug-likeness (QED) is 0.561. The summed E-state index contributed by atoms with van der Waals surface area (Å²) in [4.78, 5) is 11.2. The van der Waals surface area contributed by atoms with Gasteiger partial charge in [-0.2, -0.15) is 18.2 Å². The number of para-hydroxylation sites is 1. The number of alkyl halides is 3. The van der Waals surface area contributed by atoms with Crippen molar-refractivity contribution in [3.05, 3.63) is 54.1 Å². The molecular formula is C17H11F3N4O. The van der Waals surface area contributed by atoms with Gasteiger partial charge in [-0.3, -0.25) is 0 Å². The molecule has 0 saturated carbocycles. The maximum Gasteiger partial charge on any atom is 0.416 e. The van der Waals surface area contributed by atoms with Crippen molar-refractivity contribution in [2.45, 2.75) is 6.18 Å². The maximum atomic E-state index is 12.8. The van der Waals surface area contributed by atoms with Crippen LogP contribution in [0.2, 0.25) is 0 Å². The minimum atomic E-state index is -4.43. The van der Waals surface area contributed by atoms with E-state index in [4.69, 9.17) is 10.5 Å². The summed E-state index contributed by atoms with van der Waals surface area (Å²) in [6.45, 7) is 0. The summed E-state index contributed by atoms with van der Waals surface area (Å²) in [5.74, 6) is 0.739. The average Bonchev–Trinajstić information content (AvgIpc) is 2.96. The average molecular weight is 344 g/mol. The molecule has 2 aromatic heterocycles. The molecule has 3 N–H and O–H groups in total. The highest BCUT2D eigenvalue weighted by Gasteiger charge is 2.30. The maximum absolute atomic E-state index is 12.8. The minimum absolute atomic E-state index is 0.0750. The first-order valence-electron chi connectivity index (χ1n) is 7.30. The molecule has 0 saturated heterocycles. The van der Waals surface area contributed by atoms with Gasteiger partial charge in [0.05, 0.1) is 16.6 Å². The summed E-state index contributed by atoms with van der Waals surface area (Å²) in [6, 6.07) is 12.1. The zero-order chi connectivity index (χ0) is 17.6. The van der Waals surface area contributed by atoms with Crippen molar-refractivity contribution in [3.8, 4) is 11.8 Å². The predicted octanol–water partition coefficient (Wildman–Crippen LogP) is 4.50. The van der Waals surface area contributed by atoms with Crippen molar-refractivity contribution in [2.75, 3.05) is 5.73 Å². The Bertz CT molecular complexity index is 1090. The Balaban J connectivity index is 1.75. The molecule has 0 spiro atoms. The number of nitrogens with two attached hydrogens (primary N) is 1. The standard InChI is InChI=1S/C17H11F3N4O/c18-17(19,20)10-5-6-11-12(8-10)23-16(22-11)25-13-3-1-2-9-4-7-14(21)24-15(9)13/h1-8H,(H2,21,24)(H,22,23). The third kappa shape index (κ3) is 2.82. The number of anilines is 1. The van der Waals surface area contributed by atoms with E-state index in [1.807, 2.05) is 6.07 Å². The Hall–Kier alpha value is -3.29. The summed E-state index contributed by atoms with van der Waals surface area (Å²) in [6.07, 6.45) is -4.43. The molecule has 25 heavy (non-hydrogen) atoms. The summed E-state index contributed by atoms with van der Waals surface area (Å²) in [5, 5.41) is 0.821. The van der Waals surface area contributed by atoms with Crippen LogP contribution in [0, 0.1) is 0 Å². The molecule has 8 heteroatoms. The Kier molecular flexibility index (Phi) is 3.28. The van der Waals surface area contributed by atoms with E-state index < -0.39 is 11.7 Å². The van der Waals surface area contributed by atoms with Crippen LogP contribution < -0.4 is 10.5 Å². The number of hydrogen-bond acceptors (Lipinski definition) is 4.